The van der Waals surface area contributed by atoms with Crippen LogP contribution in [-0.4, -0.2) is 59.1 Å². The molecule has 0 aliphatic carbocycles. The third kappa shape index (κ3) is 5.30. The Morgan fingerprint density at radius 1 is 1.19 bits per heavy atom. The number of hydrogen-bond acceptors (Lipinski definition) is 9. The Hall–Kier alpha value is -3.18. The summed E-state index contributed by atoms with van der Waals surface area (Å²) in [7, 11) is 1.57. The Morgan fingerprint density at radius 3 is 2.74 bits per heavy atom. The van der Waals surface area contributed by atoms with Gasteiger partial charge in [0.1, 0.15) is 0 Å². The van der Waals surface area contributed by atoms with Gasteiger partial charge < -0.3 is 15.0 Å². The maximum absolute atomic E-state index is 13.0. The molecule has 2 N–H and O–H groups in total. The molecule has 0 spiro atoms. The van der Waals surface area contributed by atoms with Gasteiger partial charge in [0.2, 0.25) is 22.1 Å². The summed E-state index contributed by atoms with van der Waals surface area (Å²) in [5, 5.41) is 22.8. The van der Waals surface area contributed by atoms with Crippen molar-refractivity contribution < 1.29 is 13.9 Å². The average Bonchev–Trinajstić information content (AvgIpc) is 3.43. The highest BCUT2D eigenvalue weighted by Gasteiger charge is 2.25. The Balaban J connectivity index is 1.34. The van der Waals surface area contributed by atoms with Gasteiger partial charge in [0, 0.05) is 26.2 Å². The first kappa shape index (κ1) is 21.1. The van der Waals surface area contributed by atoms with E-state index in [0.717, 1.165) is 18.5 Å². The van der Waals surface area contributed by atoms with Crippen LogP contribution in [0.4, 0.5) is 20.5 Å². The van der Waals surface area contributed by atoms with Crippen molar-refractivity contribution in [2.24, 2.45) is 0 Å². The molecule has 0 unspecified atom stereocenters. The van der Waals surface area contributed by atoms with Crippen molar-refractivity contribution >= 4 is 33.3 Å². The second-order valence-electron chi connectivity index (χ2n) is 7.11. The van der Waals surface area contributed by atoms with Crippen LogP contribution in [-0.2, 0) is 9.53 Å². The van der Waals surface area contributed by atoms with Gasteiger partial charge in [-0.05, 0) is 24.1 Å². The highest BCUT2D eigenvalue weighted by Crippen LogP contribution is 2.26. The lowest BCUT2D eigenvalue weighted by atomic mass is 9.99. The molecule has 4 rings (SSSR count). The molecule has 162 valence electrons. The molecule has 9 nitrogen and oxygen atoms in total. The lowest BCUT2D eigenvalue weighted by Gasteiger charge is -2.16. The molecule has 1 aliphatic heterocycles. The first-order valence-electron chi connectivity index (χ1n) is 9.81. The van der Waals surface area contributed by atoms with E-state index in [4.69, 9.17) is 4.74 Å². The number of halogens is 1. The van der Waals surface area contributed by atoms with Gasteiger partial charge in [0.15, 0.2) is 5.82 Å². The van der Waals surface area contributed by atoms with Crippen LogP contribution >= 0.6 is 11.3 Å². The molecule has 2 atom stereocenters. The second kappa shape index (κ2) is 9.75. The summed E-state index contributed by atoms with van der Waals surface area (Å²) in [6, 6.07) is 12.5. The summed E-state index contributed by atoms with van der Waals surface area (Å²) in [5.74, 6) is -0.591. The normalized spacial score (nSPS) is 16.8. The lowest BCUT2D eigenvalue weighted by Crippen LogP contribution is -2.26. The van der Waals surface area contributed by atoms with Crippen molar-refractivity contribution in [3.05, 3.63) is 54.0 Å². The number of anilines is 3. The Bertz CT molecular complexity index is 1000. The van der Waals surface area contributed by atoms with Crippen LogP contribution in [0.1, 0.15) is 17.9 Å². The molecule has 1 aliphatic rings. The van der Waals surface area contributed by atoms with Gasteiger partial charge in [-0.1, -0.05) is 41.7 Å². The van der Waals surface area contributed by atoms with Gasteiger partial charge in [0.05, 0.1) is 12.5 Å². The van der Waals surface area contributed by atoms with Crippen molar-refractivity contribution in [2.75, 3.05) is 42.3 Å². The second-order valence-corrected chi connectivity index (χ2v) is 8.09. The fourth-order valence-electron chi connectivity index (χ4n) is 3.44. The molecule has 0 bridgehead atoms. The number of hydrogen-bond donors (Lipinski definition) is 2. The van der Waals surface area contributed by atoms with E-state index in [9.17, 15) is 9.18 Å². The van der Waals surface area contributed by atoms with Crippen LogP contribution in [0.2, 0.25) is 0 Å². The number of benzene rings is 1. The largest absolute Gasteiger partial charge is 0.384 e. The predicted molar refractivity (Wildman–Crippen MR) is 116 cm³/mol. The summed E-state index contributed by atoms with van der Waals surface area (Å²) in [5.41, 5.74) is 0.875. The zero-order chi connectivity index (χ0) is 21.6. The first-order chi connectivity index (χ1) is 15.1. The number of nitrogens with zero attached hydrogens (tertiary/aromatic N) is 5. The number of amides is 1. The van der Waals surface area contributed by atoms with Crippen molar-refractivity contribution in [2.45, 2.75) is 18.4 Å². The summed E-state index contributed by atoms with van der Waals surface area (Å²) in [4.78, 5) is 14.8. The quantitative estimate of drug-likeness (QED) is 0.547. The predicted octanol–water partition coefficient (Wildman–Crippen LogP) is 2.53. The molecule has 1 aromatic carbocycles. The van der Waals surface area contributed by atoms with E-state index < -0.39 is 11.9 Å². The minimum Gasteiger partial charge on any atom is -0.384 e. The highest BCUT2D eigenvalue weighted by molar-refractivity contribution is 7.19. The molecular weight excluding hydrogens is 421 g/mol. The van der Waals surface area contributed by atoms with E-state index in [2.05, 4.69) is 31.0 Å². The molecule has 1 amide bonds. The van der Waals surface area contributed by atoms with Gasteiger partial charge in [-0.15, -0.1) is 20.4 Å². The van der Waals surface area contributed by atoms with E-state index in [1.54, 1.807) is 13.2 Å². The summed E-state index contributed by atoms with van der Waals surface area (Å²) in [6.45, 7) is 1.73. The fourth-order valence-corrected chi connectivity index (χ4v) is 4.16. The Morgan fingerprint density at radius 2 is 2.00 bits per heavy atom. The van der Waals surface area contributed by atoms with Gasteiger partial charge in [0.25, 0.3) is 0 Å². The number of ether oxygens (including phenoxy) is 1. The van der Waals surface area contributed by atoms with Crippen LogP contribution in [0, 0.1) is 5.95 Å². The standard InChI is InChI=1S/C20H22FN7O2S/c1-30-12-15(13-5-3-2-4-6-13)18(29)23-20-27-26-19(31-20)22-14-9-10-28(11-14)17-8-7-16(21)24-25-17/h2-8,14-15H,9-12H2,1H3,(H,22,26)(H,23,27,29)/t14-,15-/m1/s1. The van der Waals surface area contributed by atoms with Crippen LogP contribution in [0.15, 0.2) is 42.5 Å². The Labute approximate surface area is 182 Å². The van der Waals surface area contributed by atoms with E-state index in [1.807, 2.05) is 35.2 Å². The minimum atomic E-state index is -0.596. The molecule has 3 aromatic rings. The molecule has 11 heteroatoms. The van der Waals surface area contributed by atoms with E-state index in [0.29, 0.717) is 22.6 Å². The monoisotopic (exact) mass is 443 g/mol. The minimum absolute atomic E-state index is 0.133. The number of methoxy groups -OCH3 is 1. The fraction of sp³-hybridized carbons (Fsp3) is 0.350. The van der Waals surface area contributed by atoms with Crippen LogP contribution < -0.4 is 15.5 Å². The molecule has 0 radical (unpaired) electrons. The maximum atomic E-state index is 13.0. The van der Waals surface area contributed by atoms with E-state index >= 15 is 0 Å². The van der Waals surface area contributed by atoms with Crippen molar-refractivity contribution in [1.29, 1.82) is 0 Å². The van der Waals surface area contributed by atoms with Crippen molar-refractivity contribution in [1.82, 2.24) is 20.4 Å². The average molecular weight is 444 g/mol. The first-order valence-corrected chi connectivity index (χ1v) is 10.6. The third-order valence-electron chi connectivity index (χ3n) is 4.96. The van der Waals surface area contributed by atoms with Crippen molar-refractivity contribution in [3.63, 3.8) is 0 Å². The number of nitrogens with one attached hydrogen (secondary N) is 2. The van der Waals surface area contributed by atoms with Crippen LogP contribution in [0.25, 0.3) is 0 Å². The van der Waals surface area contributed by atoms with Crippen LogP contribution in [0.3, 0.4) is 0 Å². The SMILES string of the molecule is COC[C@@H](C(=O)Nc1nnc(N[C@@H]2CCN(c3ccc(F)nn3)C2)s1)c1ccccc1. The van der Waals surface area contributed by atoms with Crippen LogP contribution in [0.5, 0.6) is 0 Å². The zero-order valence-corrected chi connectivity index (χ0v) is 17.7. The van der Waals surface area contributed by atoms with Gasteiger partial charge in [-0.2, -0.15) is 4.39 Å². The van der Waals surface area contributed by atoms with E-state index in [1.165, 1.54) is 17.4 Å². The maximum Gasteiger partial charge on any atom is 0.236 e. The molecule has 0 saturated carbocycles. The summed E-state index contributed by atoms with van der Waals surface area (Å²) in [6.07, 6.45) is 0.865. The van der Waals surface area contributed by atoms with Crippen molar-refractivity contribution in [3.8, 4) is 0 Å². The third-order valence-corrected chi connectivity index (χ3v) is 5.73. The number of rotatable bonds is 8. The zero-order valence-electron chi connectivity index (χ0n) is 16.9. The molecule has 1 saturated heterocycles. The molecular formula is C20H22FN7O2S. The summed E-state index contributed by atoms with van der Waals surface area (Å²) >= 11 is 1.28. The topological polar surface area (TPSA) is 105 Å². The molecule has 31 heavy (non-hydrogen) atoms. The number of carbonyl (C=O) groups is 1. The lowest BCUT2D eigenvalue weighted by molar-refractivity contribution is -0.118. The van der Waals surface area contributed by atoms with Gasteiger partial charge >= 0.3 is 0 Å². The highest BCUT2D eigenvalue weighted by atomic mass is 32.1. The van der Waals surface area contributed by atoms with Gasteiger partial charge in [-0.25, -0.2) is 0 Å². The van der Waals surface area contributed by atoms with Gasteiger partial charge in [-0.3, -0.25) is 10.1 Å². The molecule has 2 aromatic heterocycles. The number of carbonyl (C=O) groups excluding carboxylic acids is 1. The molecule has 3 heterocycles. The number of aromatic nitrogens is 4. The molecule has 1 fully saturated rings. The summed E-state index contributed by atoms with van der Waals surface area (Å²) < 4.78 is 18.2. The smallest absolute Gasteiger partial charge is 0.236 e. The Kier molecular flexibility index (Phi) is 6.63. The van der Waals surface area contributed by atoms with E-state index in [-0.39, 0.29) is 18.6 Å².